The van der Waals surface area contributed by atoms with E-state index in [1.54, 1.807) is 5.56 Å². The first-order valence-corrected chi connectivity index (χ1v) is 14.4. The Hall–Kier alpha value is -4.23. The van der Waals surface area contributed by atoms with Crippen LogP contribution in [0.5, 0.6) is 0 Å². The molecule has 5 aromatic carbocycles. The van der Waals surface area contributed by atoms with E-state index in [9.17, 15) is 0 Å². The van der Waals surface area contributed by atoms with Crippen molar-refractivity contribution in [3.05, 3.63) is 125 Å². The van der Waals surface area contributed by atoms with Crippen molar-refractivity contribution in [2.75, 3.05) is 0 Å². The highest BCUT2D eigenvalue weighted by Crippen LogP contribution is 2.57. The Kier molecular flexibility index (Phi) is 4.89. The number of pyridine rings is 1. The molecule has 2 aliphatic carbocycles. The van der Waals surface area contributed by atoms with Gasteiger partial charge in [0.1, 0.15) is 0 Å². The van der Waals surface area contributed by atoms with Gasteiger partial charge in [0.25, 0.3) is 0 Å². The minimum atomic E-state index is 0.0514. The van der Waals surface area contributed by atoms with E-state index in [-0.39, 0.29) is 5.41 Å². The van der Waals surface area contributed by atoms with Crippen molar-refractivity contribution in [1.82, 2.24) is 4.98 Å². The van der Waals surface area contributed by atoms with Gasteiger partial charge in [0.05, 0.1) is 11.2 Å². The summed E-state index contributed by atoms with van der Waals surface area (Å²) in [5.41, 5.74) is 15.3. The molecule has 0 spiro atoms. The molecule has 0 atom stereocenters. The quantitative estimate of drug-likeness (QED) is 0.220. The second kappa shape index (κ2) is 8.38. The number of fused-ring (bicyclic) bond motifs is 10. The molecule has 1 heterocycles. The van der Waals surface area contributed by atoms with Crippen LogP contribution >= 0.6 is 0 Å². The van der Waals surface area contributed by atoms with Crippen LogP contribution < -0.4 is 0 Å². The van der Waals surface area contributed by atoms with E-state index in [1.165, 1.54) is 60.7 Å². The van der Waals surface area contributed by atoms with Crippen molar-refractivity contribution < 1.29 is 0 Å². The van der Waals surface area contributed by atoms with Crippen molar-refractivity contribution in [3.63, 3.8) is 0 Å². The van der Waals surface area contributed by atoms with E-state index in [0.717, 1.165) is 36.9 Å². The van der Waals surface area contributed by atoms with Crippen molar-refractivity contribution in [1.29, 1.82) is 0 Å². The van der Waals surface area contributed by atoms with Gasteiger partial charge in [-0.2, -0.15) is 0 Å². The smallest absolute Gasteiger partial charge is 0.0791 e. The number of nitrogens with zero attached hydrogens (tertiary/aromatic N) is 1. The van der Waals surface area contributed by atoms with Crippen LogP contribution in [-0.2, 0) is 18.3 Å². The SMILES string of the molecule is CCC1(CC)c2ccccc2-c2ccc3c(c21)-c1cccc(-c2nc4ccccc4c4ccccc24)c1CC3. The molecule has 0 fully saturated rings. The van der Waals surface area contributed by atoms with Gasteiger partial charge < -0.3 is 0 Å². The minimum absolute atomic E-state index is 0.0514. The average Bonchev–Trinajstić information content (AvgIpc) is 3.30. The molecule has 0 amide bonds. The van der Waals surface area contributed by atoms with E-state index >= 15 is 0 Å². The van der Waals surface area contributed by atoms with Gasteiger partial charge in [-0.05, 0) is 81.6 Å². The zero-order valence-electron chi connectivity index (χ0n) is 22.6. The van der Waals surface area contributed by atoms with Crippen molar-refractivity contribution >= 4 is 21.7 Å². The topological polar surface area (TPSA) is 12.9 Å². The van der Waals surface area contributed by atoms with Gasteiger partial charge in [-0.1, -0.05) is 111 Å². The van der Waals surface area contributed by atoms with Crippen LogP contribution in [0.4, 0.5) is 0 Å². The standard InChI is InChI=1S/C38H31N/c1-3-38(4-2)33-18-9-7-13-27(33)30-23-21-24-20-22-26-29(35(24)36(30)38)16-11-17-32(26)37-31-15-6-5-12-25(31)28-14-8-10-19-34(28)39-37/h5-19,21,23H,3-4,20,22H2,1-2H3. The molecular weight excluding hydrogens is 470 g/mol. The van der Waals surface area contributed by atoms with Gasteiger partial charge in [-0.25, -0.2) is 4.98 Å². The summed E-state index contributed by atoms with van der Waals surface area (Å²) in [4.78, 5) is 5.30. The van der Waals surface area contributed by atoms with E-state index in [0.29, 0.717) is 0 Å². The number of rotatable bonds is 3. The molecule has 39 heavy (non-hydrogen) atoms. The average molecular weight is 502 g/mol. The molecule has 0 aliphatic heterocycles. The van der Waals surface area contributed by atoms with E-state index < -0.39 is 0 Å². The largest absolute Gasteiger partial charge is 0.247 e. The summed E-state index contributed by atoms with van der Waals surface area (Å²) in [6, 6.07) is 38.2. The molecule has 2 aliphatic rings. The van der Waals surface area contributed by atoms with Crippen molar-refractivity contribution in [2.24, 2.45) is 0 Å². The van der Waals surface area contributed by atoms with Crippen LogP contribution in [0.2, 0.25) is 0 Å². The third-order valence-corrected chi connectivity index (χ3v) is 9.66. The summed E-state index contributed by atoms with van der Waals surface area (Å²) in [6.07, 6.45) is 4.32. The summed E-state index contributed by atoms with van der Waals surface area (Å²) in [5, 5.41) is 3.73. The minimum Gasteiger partial charge on any atom is -0.247 e. The molecule has 0 saturated heterocycles. The van der Waals surface area contributed by atoms with Gasteiger partial charge in [0, 0.05) is 21.8 Å². The maximum atomic E-state index is 5.30. The molecule has 1 aromatic heterocycles. The Morgan fingerprint density at radius 3 is 2.13 bits per heavy atom. The Bertz CT molecular complexity index is 1940. The zero-order valence-corrected chi connectivity index (χ0v) is 22.6. The molecule has 6 aromatic rings. The van der Waals surface area contributed by atoms with Crippen LogP contribution in [0.3, 0.4) is 0 Å². The van der Waals surface area contributed by atoms with Crippen LogP contribution in [0.1, 0.15) is 48.9 Å². The highest BCUT2D eigenvalue weighted by molar-refractivity contribution is 6.11. The maximum absolute atomic E-state index is 5.30. The highest BCUT2D eigenvalue weighted by Gasteiger charge is 2.43. The molecule has 0 bridgehead atoms. The fraction of sp³-hybridized carbons (Fsp3) is 0.184. The Morgan fingerprint density at radius 1 is 0.590 bits per heavy atom. The fourth-order valence-corrected chi connectivity index (χ4v) is 7.82. The van der Waals surface area contributed by atoms with Gasteiger partial charge in [0.2, 0.25) is 0 Å². The molecule has 8 rings (SSSR count). The first kappa shape index (κ1) is 22.7. The van der Waals surface area contributed by atoms with Crippen LogP contribution in [0.25, 0.3) is 55.2 Å². The Balaban J connectivity index is 1.44. The molecule has 0 N–H and O–H groups in total. The predicted molar refractivity (Wildman–Crippen MR) is 164 cm³/mol. The molecule has 0 radical (unpaired) electrons. The van der Waals surface area contributed by atoms with E-state index in [1.807, 2.05) is 0 Å². The lowest BCUT2D eigenvalue weighted by Crippen LogP contribution is -2.25. The molecule has 1 nitrogen and oxygen atoms in total. The molecule has 1 heteroatoms. The monoisotopic (exact) mass is 501 g/mol. The van der Waals surface area contributed by atoms with Gasteiger partial charge >= 0.3 is 0 Å². The normalized spacial score (nSPS) is 14.6. The van der Waals surface area contributed by atoms with Gasteiger partial charge in [-0.15, -0.1) is 0 Å². The number of hydrogen-bond acceptors (Lipinski definition) is 1. The first-order valence-electron chi connectivity index (χ1n) is 14.4. The third-order valence-electron chi connectivity index (χ3n) is 9.66. The number of aryl methyl sites for hydroxylation is 1. The second-order valence-corrected chi connectivity index (χ2v) is 11.2. The summed E-state index contributed by atoms with van der Waals surface area (Å²) in [5.74, 6) is 0. The van der Waals surface area contributed by atoms with Gasteiger partial charge in [-0.3, -0.25) is 0 Å². The number of hydrogen-bond donors (Lipinski definition) is 0. The van der Waals surface area contributed by atoms with Crippen LogP contribution in [0, 0.1) is 0 Å². The summed E-state index contributed by atoms with van der Waals surface area (Å²) >= 11 is 0. The molecule has 0 saturated carbocycles. The maximum Gasteiger partial charge on any atom is 0.0791 e. The second-order valence-electron chi connectivity index (χ2n) is 11.2. The number of aromatic nitrogens is 1. The van der Waals surface area contributed by atoms with Crippen LogP contribution in [-0.4, -0.2) is 4.98 Å². The summed E-state index contributed by atoms with van der Waals surface area (Å²) in [7, 11) is 0. The Morgan fingerprint density at radius 2 is 1.28 bits per heavy atom. The van der Waals surface area contributed by atoms with E-state index in [2.05, 4.69) is 117 Å². The lowest BCUT2D eigenvalue weighted by molar-refractivity contribution is 0.491. The molecule has 188 valence electrons. The lowest BCUT2D eigenvalue weighted by Gasteiger charge is -2.34. The molecule has 0 unspecified atom stereocenters. The van der Waals surface area contributed by atoms with Crippen molar-refractivity contribution in [3.8, 4) is 33.5 Å². The number of benzene rings is 5. The lowest BCUT2D eigenvalue weighted by atomic mass is 9.69. The van der Waals surface area contributed by atoms with Crippen molar-refractivity contribution in [2.45, 2.75) is 44.9 Å². The third kappa shape index (κ3) is 2.99. The Labute approximate surface area is 230 Å². The first-order chi connectivity index (χ1) is 19.2. The highest BCUT2D eigenvalue weighted by atomic mass is 14.7. The number of para-hydroxylation sites is 1. The fourth-order valence-electron chi connectivity index (χ4n) is 7.82. The summed E-state index contributed by atoms with van der Waals surface area (Å²) < 4.78 is 0. The molecular formula is C38H31N. The van der Waals surface area contributed by atoms with E-state index in [4.69, 9.17) is 4.98 Å². The predicted octanol–water partition coefficient (Wildman–Crippen LogP) is 9.91. The van der Waals surface area contributed by atoms with Gasteiger partial charge in [0.15, 0.2) is 0 Å². The van der Waals surface area contributed by atoms with Crippen LogP contribution in [0.15, 0.2) is 103 Å². The summed E-state index contributed by atoms with van der Waals surface area (Å²) in [6.45, 7) is 4.75. The zero-order chi connectivity index (χ0) is 26.1.